The minimum atomic E-state index is -3.02. The fourth-order valence-electron chi connectivity index (χ4n) is 3.87. The Morgan fingerprint density at radius 3 is 2.50 bits per heavy atom. The van der Waals surface area contributed by atoms with Crippen molar-refractivity contribution in [2.24, 2.45) is 4.99 Å². The molecule has 0 bridgehead atoms. The quantitative estimate of drug-likeness (QED) is 0.784. The van der Waals surface area contributed by atoms with Crippen molar-refractivity contribution in [2.75, 3.05) is 28.3 Å². The molecule has 0 radical (unpaired) electrons. The van der Waals surface area contributed by atoms with Crippen LogP contribution in [0.25, 0.3) is 0 Å². The molecule has 1 amide bonds. The predicted octanol–water partition coefficient (Wildman–Crippen LogP) is 3.33. The van der Waals surface area contributed by atoms with Gasteiger partial charge in [-0.05, 0) is 49.6 Å². The second kappa shape index (κ2) is 8.07. The van der Waals surface area contributed by atoms with Crippen LogP contribution in [0.2, 0.25) is 0 Å². The molecule has 2 aromatic carbocycles. The average Bonchev–Trinajstić information content (AvgIpc) is 3.16. The maximum absolute atomic E-state index is 13.0. The number of hydrogen-bond donors (Lipinski definition) is 1. The van der Waals surface area contributed by atoms with Crippen molar-refractivity contribution in [2.45, 2.75) is 32.1 Å². The van der Waals surface area contributed by atoms with E-state index in [2.05, 4.69) is 5.32 Å². The lowest BCUT2D eigenvalue weighted by Crippen LogP contribution is -2.37. The summed E-state index contributed by atoms with van der Waals surface area (Å²) in [6.45, 7) is 6.05. The standard InChI is InChI=1S/C22H25N3O3S2/c1-14-6-4-9-17(10-14)25(22-23-18-12-30(27,28)13-19(18)29-22)11-20(26)24-21-15(2)7-5-8-16(21)3/h4-10,18-19H,11-13H2,1-3H3,(H,24,26)/t18-,19+/m0/s1. The lowest BCUT2D eigenvalue weighted by molar-refractivity contribution is -0.114. The topological polar surface area (TPSA) is 78.8 Å². The predicted molar refractivity (Wildman–Crippen MR) is 124 cm³/mol. The number of amides is 1. The summed E-state index contributed by atoms with van der Waals surface area (Å²) in [5, 5.41) is 3.68. The summed E-state index contributed by atoms with van der Waals surface area (Å²) >= 11 is 1.46. The normalized spacial score (nSPS) is 21.8. The second-order valence-electron chi connectivity index (χ2n) is 7.95. The van der Waals surface area contributed by atoms with E-state index in [1.54, 1.807) is 0 Å². The largest absolute Gasteiger partial charge is 0.324 e. The molecule has 2 atom stereocenters. The molecule has 2 aliphatic rings. The van der Waals surface area contributed by atoms with Crippen molar-refractivity contribution in [3.05, 3.63) is 59.2 Å². The third-order valence-corrected chi connectivity index (χ3v) is 8.64. The van der Waals surface area contributed by atoms with Crippen molar-refractivity contribution < 1.29 is 13.2 Å². The summed E-state index contributed by atoms with van der Waals surface area (Å²) in [4.78, 5) is 19.6. The number of hydrogen-bond acceptors (Lipinski definition) is 6. The maximum atomic E-state index is 13.0. The number of amidine groups is 1. The van der Waals surface area contributed by atoms with Crippen LogP contribution >= 0.6 is 11.8 Å². The van der Waals surface area contributed by atoms with E-state index < -0.39 is 9.84 Å². The van der Waals surface area contributed by atoms with Gasteiger partial charge in [-0.3, -0.25) is 9.79 Å². The number of sulfone groups is 1. The zero-order chi connectivity index (χ0) is 21.5. The van der Waals surface area contributed by atoms with Crippen LogP contribution in [0.4, 0.5) is 11.4 Å². The van der Waals surface area contributed by atoms with E-state index in [1.807, 2.05) is 68.1 Å². The summed E-state index contributed by atoms with van der Waals surface area (Å²) in [6, 6.07) is 13.6. The van der Waals surface area contributed by atoms with E-state index in [0.29, 0.717) is 5.17 Å². The molecule has 0 unspecified atom stereocenters. The van der Waals surface area contributed by atoms with Crippen molar-refractivity contribution in [1.29, 1.82) is 0 Å². The molecule has 6 nitrogen and oxygen atoms in total. The Morgan fingerprint density at radius 2 is 1.83 bits per heavy atom. The molecule has 2 aliphatic heterocycles. The lowest BCUT2D eigenvalue weighted by atomic mass is 10.1. The summed E-state index contributed by atoms with van der Waals surface area (Å²) < 4.78 is 23.8. The minimum Gasteiger partial charge on any atom is -0.324 e. The van der Waals surface area contributed by atoms with Gasteiger partial charge in [0.25, 0.3) is 0 Å². The van der Waals surface area contributed by atoms with Crippen LogP contribution in [-0.4, -0.2) is 48.8 Å². The van der Waals surface area contributed by atoms with Gasteiger partial charge < -0.3 is 10.2 Å². The zero-order valence-electron chi connectivity index (χ0n) is 17.3. The molecular formula is C22H25N3O3S2. The fourth-order valence-corrected chi connectivity index (χ4v) is 7.65. The van der Waals surface area contributed by atoms with Crippen LogP contribution in [0.15, 0.2) is 47.5 Å². The van der Waals surface area contributed by atoms with E-state index in [1.165, 1.54) is 11.8 Å². The van der Waals surface area contributed by atoms with E-state index in [-0.39, 0.29) is 35.2 Å². The van der Waals surface area contributed by atoms with Crippen LogP contribution in [0.5, 0.6) is 0 Å². The first-order chi connectivity index (χ1) is 14.2. The number of aryl methyl sites for hydroxylation is 3. The Hall–Kier alpha value is -2.32. The van der Waals surface area contributed by atoms with E-state index in [0.717, 1.165) is 28.1 Å². The first kappa shape index (κ1) is 20.9. The molecule has 2 aromatic rings. The smallest absolute Gasteiger partial charge is 0.244 e. The third kappa shape index (κ3) is 4.39. The summed E-state index contributed by atoms with van der Waals surface area (Å²) in [7, 11) is -3.02. The lowest BCUT2D eigenvalue weighted by Gasteiger charge is -2.25. The summed E-state index contributed by atoms with van der Waals surface area (Å²) in [5.74, 6) is 0.0950. The van der Waals surface area contributed by atoms with Gasteiger partial charge in [0.1, 0.15) is 6.54 Å². The number of thioether (sulfide) groups is 1. The highest BCUT2D eigenvalue weighted by Crippen LogP contribution is 2.37. The highest BCUT2D eigenvalue weighted by molar-refractivity contribution is 8.15. The first-order valence-electron chi connectivity index (χ1n) is 9.87. The number of fused-ring (bicyclic) bond motifs is 1. The number of anilines is 2. The Bertz CT molecular complexity index is 1110. The SMILES string of the molecule is Cc1cccc(N(CC(=O)Nc2c(C)cccc2C)C2=N[C@H]3CS(=O)(=O)C[C@H]3S2)c1. The van der Waals surface area contributed by atoms with Gasteiger partial charge in [-0.15, -0.1) is 0 Å². The van der Waals surface area contributed by atoms with Crippen LogP contribution in [0.3, 0.4) is 0 Å². The van der Waals surface area contributed by atoms with Gasteiger partial charge in [-0.1, -0.05) is 42.1 Å². The van der Waals surface area contributed by atoms with Gasteiger partial charge in [-0.2, -0.15) is 0 Å². The average molecular weight is 444 g/mol. The molecule has 0 spiro atoms. The van der Waals surface area contributed by atoms with Gasteiger partial charge in [0.05, 0.1) is 17.5 Å². The highest BCUT2D eigenvalue weighted by Gasteiger charge is 2.44. The van der Waals surface area contributed by atoms with Gasteiger partial charge in [0.2, 0.25) is 5.91 Å². The second-order valence-corrected chi connectivity index (χ2v) is 11.3. The molecule has 158 valence electrons. The molecule has 1 fully saturated rings. The Labute approximate surface area is 181 Å². The molecule has 1 saturated heterocycles. The van der Waals surface area contributed by atoms with Crippen LogP contribution in [0.1, 0.15) is 16.7 Å². The van der Waals surface area contributed by atoms with Crippen molar-refractivity contribution in [3.8, 4) is 0 Å². The Kier molecular flexibility index (Phi) is 5.63. The number of carbonyl (C=O) groups is 1. The van der Waals surface area contributed by atoms with Crippen LogP contribution in [-0.2, 0) is 14.6 Å². The first-order valence-corrected chi connectivity index (χ1v) is 12.6. The number of benzene rings is 2. The Balaban J connectivity index is 1.60. The van der Waals surface area contributed by atoms with Crippen molar-refractivity contribution in [1.82, 2.24) is 0 Å². The maximum Gasteiger partial charge on any atom is 0.244 e. The molecule has 8 heteroatoms. The summed E-state index contributed by atoms with van der Waals surface area (Å²) in [5.41, 5.74) is 4.81. The third-order valence-electron chi connectivity index (χ3n) is 5.40. The van der Waals surface area contributed by atoms with Gasteiger partial charge in [-0.25, -0.2) is 8.42 Å². The Morgan fingerprint density at radius 1 is 1.13 bits per heavy atom. The van der Waals surface area contributed by atoms with Gasteiger partial charge in [0.15, 0.2) is 15.0 Å². The molecule has 0 aliphatic carbocycles. The number of aliphatic imine (C=N–C) groups is 1. The molecule has 30 heavy (non-hydrogen) atoms. The molecule has 2 heterocycles. The van der Waals surface area contributed by atoms with Gasteiger partial charge >= 0.3 is 0 Å². The van der Waals surface area contributed by atoms with E-state index in [4.69, 9.17) is 4.99 Å². The molecule has 1 N–H and O–H groups in total. The van der Waals surface area contributed by atoms with Crippen LogP contribution < -0.4 is 10.2 Å². The number of carbonyl (C=O) groups excluding carboxylic acids is 1. The van der Waals surface area contributed by atoms with E-state index in [9.17, 15) is 13.2 Å². The fraction of sp³-hybridized carbons (Fsp3) is 0.364. The van der Waals surface area contributed by atoms with Crippen molar-refractivity contribution in [3.63, 3.8) is 0 Å². The monoisotopic (exact) mass is 443 g/mol. The number of nitrogens with zero attached hydrogens (tertiary/aromatic N) is 2. The summed E-state index contributed by atoms with van der Waals surface area (Å²) in [6.07, 6.45) is 0. The number of rotatable bonds is 4. The van der Waals surface area contributed by atoms with Crippen LogP contribution in [0, 0.1) is 20.8 Å². The number of para-hydroxylation sites is 1. The zero-order valence-corrected chi connectivity index (χ0v) is 18.9. The van der Waals surface area contributed by atoms with Gasteiger partial charge in [0, 0.05) is 16.6 Å². The van der Waals surface area contributed by atoms with E-state index >= 15 is 0 Å². The molecule has 0 saturated carbocycles. The van der Waals surface area contributed by atoms with Crippen molar-refractivity contribution >= 4 is 44.0 Å². The molecular weight excluding hydrogens is 418 g/mol. The molecule has 4 rings (SSSR count). The molecule has 0 aromatic heterocycles. The number of nitrogens with one attached hydrogen (secondary N) is 1. The minimum absolute atomic E-state index is 0.0704. The highest BCUT2D eigenvalue weighted by atomic mass is 32.2.